The molecule has 5 nitrogen and oxygen atoms in total. The highest BCUT2D eigenvalue weighted by atomic mass is 35.5. The number of aromatic nitrogens is 2. The molecule has 0 aliphatic rings. The van der Waals surface area contributed by atoms with Crippen LogP contribution < -0.4 is 0 Å². The summed E-state index contributed by atoms with van der Waals surface area (Å²) in [6.45, 7) is 5.22. The van der Waals surface area contributed by atoms with Crippen LogP contribution in [0.25, 0.3) is 0 Å². The van der Waals surface area contributed by atoms with Crippen molar-refractivity contribution in [3.05, 3.63) is 16.9 Å². The summed E-state index contributed by atoms with van der Waals surface area (Å²) in [7, 11) is -3.53. The number of ketones is 1. The molecule has 1 heterocycles. The van der Waals surface area contributed by atoms with Gasteiger partial charge < -0.3 is 0 Å². The normalized spacial score (nSPS) is 12.7. The molecule has 102 valence electrons. The summed E-state index contributed by atoms with van der Waals surface area (Å²) in [4.78, 5) is 12.4. The van der Waals surface area contributed by atoms with E-state index in [0.29, 0.717) is 6.54 Å². The first-order valence-corrected chi connectivity index (χ1v) is 7.85. The molecule has 0 fully saturated rings. The molecule has 0 unspecified atom stereocenters. The Morgan fingerprint density at radius 3 is 2.50 bits per heavy atom. The lowest BCUT2D eigenvalue weighted by molar-refractivity contribution is 0.0943. The Kier molecular flexibility index (Phi) is 4.23. The van der Waals surface area contributed by atoms with E-state index in [9.17, 15) is 13.2 Å². The van der Waals surface area contributed by atoms with Gasteiger partial charge in [0.15, 0.2) is 9.84 Å². The standard InChI is InChI=1S/C11H17ClN2O3S/c1-5-6-14-9(8(12)7-13-14)10(15)11(2,3)18(4,16)17/h7H,5-6H2,1-4H3. The van der Waals surface area contributed by atoms with Gasteiger partial charge in [0.25, 0.3) is 0 Å². The van der Waals surface area contributed by atoms with Crippen LogP contribution in [0.15, 0.2) is 6.20 Å². The van der Waals surface area contributed by atoms with Gasteiger partial charge in [-0.2, -0.15) is 5.10 Å². The minimum Gasteiger partial charge on any atom is -0.291 e. The van der Waals surface area contributed by atoms with Crippen LogP contribution in [-0.2, 0) is 16.4 Å². The van der Waals surface area contributed by atoms with E-state index in [2.05, 4.69) is 5.10 Å². The van der Waals surface area contributed by atoms with Crippen LogP contribution in [0.1, 0.15) is 37.7 Å². The van der Waals surface area contributed by atoms with Gasteiger partial charge in [-0.15, -0.1) is 0 Å². The maximum atomic E-state index is 12.4. The Hall–Kier alpha value is -0.880. The number of rotatable bonds is 5. The van der Waals surface area contributed by atoms with Crippen molar-refractivity contribution in [2.75, 3.05) is 6.26 Å². The van der Waals surface area contributed by atoms with Crippen molar-refractivity contribution < 1.29 is 13.2 Å². The molecule has 0 amide bonds. The first-order valence-electron chi connectivity index (χ1n) is 5.58. The van der Waals surface area contributed by atoms with Crippen molar-refractivity contribution >= 4 is 27.2 Å². The van der Waals surface area contributed by atoms with Crippen molar-refractivity contribution in [3.63, 3.8) is 0 Å². The molecular formula is C11H17ClN2O3S. The van der Waals surface area contributed by atoms with Crippen molar-refractivity contribution in [2.24, 2.45) is 0 Å². The van der Waals surface area contributed by atoms with Crippen LogP contribution in [-0.4, -0.2) is 35.0 Å². The van der Waals surface area contributed by atoms with E-state index in [4.69, 9.17) is 11.6 Å². The lowest BCUT2D eigenvalue weighted by Gasteiger charge is -2.21. The molecule has 0 aliphatic heterocycles. The van der Waals surface area contributed by atoms with Gasteiger partial charge in [0, 0.05) is 12.8 Å². The topological polar surface area (TPSA) is 69.0 Å². The largest absolute Gasteiger partial charge is 0.291 e. The minimum atomic E-state index is -3.53. The van der Waals surface area contributed by atoms with Crippen LogP contribution in [0.5, 0.6) is 0 Å². The molecule has 0 saturated heterocycles. The molecule has 1 aromatic rings. The van der Waals surface area contributed by atoms with Crippen molar-refractivity contribution in [2.45, 2.75) is 38.5 Å². The molecular weight excluding hydrogens is 276 g/mol. The van der Waals surface area contributed by atoms with Crippen LogP contribution in [0, 0.1) is 0 Å². The zero-order valence-electron chi connectivity index (χ0n) is 10.9. The van der Waals surface area contributed by atoms with E-state index in [1.807, 2.05) is 6.92 Å². The summed E-state index contributed by atoms with van der Waals surface area (Å²) in [5, 5.41) is 4.18. The molecule has 18 heavy (non-hydrogen) atoms. The number of nitrogens with zero attached hydrogens (tertiary/aromatic N) is 2. The Bertz CT molecular complexity index is 561. The first kappa shape index (κ1) is 15.2. The van der Waals surface area contributed by atoms with Crippen LogP contribution in [0.4, 0.5) is 0 Å². The van der Waals surface area contributed by atoms with Gasteiger partial charge in [-0.25, -0.2) is 8.42 Å². The Morgan fingerprint density at radius 1 is 1.50 bits per heavy atom. The number of sulfone groups is 1. The molecule has 0 aliphatic carbocycles. The summed E-state index contributed by atoms with van der Waals surface area (Å²) >= 11 is 5.93. The maximum absolute atomic E-state index is 12.4. The highest BCUT2D eigenvalue weighted by molar-refractivity contribution is 7.92. The monoisotopic (exact) mass is 292 g/mol. The fourth-order valence-corrected chi connectivity index (χ4v) is 2.08. The number of carbonyl (C=O) groups excluding carboxylic acids is 1. The number of hydrogen-bond donors (Lipinski definition) is 0. The van der Waals surface area contributed by atoms with Gasteiger partial charge in [-0.3, -0.25) is 9.48 Å². The zero-order valence-corrected chi connectivity index (χ0v) is 12.5. The third-order valence-corrected chi connectivity index (χ3v) is 5.24. The second-order valence-corrected chi connectivity index (χ2v) is 7.65. The molecule has 0 bridgehead atoms. The van der Waals surface area contributed by atoms with Gasteiger partial charge in [-0.1, -0.05) is 18.5 Å². The van der Waals surface area contributed by atoms with Crippen molar-refractivity contribution in [1.29, 1.82) is 0 Å². The SMILES string of the molecule is CCCn1ncc(Cl)c1C(=O)C(C)(C)S(C)(=O)=O. The highest BCUT2D eigenvalue weighted by Crippen LogP contribution is 2.26. The number of carbonyl (C=O) groups is 1. The summed E-state index contributed by atoms with van der Waals surface area (Å²) in [6.07, 6.45) is 3.18. The number of halogens is 1. The van der Waals surface area contributed by atoms with Gasteiger partial charge in [0.2, 0.25) is 5.78 Å². The lowest BCUT2D eigenvalue weighted by Crippen LogP contribution is -2.41. The number of Topliss-reactive ketones (excluding diaryl/α,β-unsaturated/α-hetero) is 1. The van der Waals surface area contributed by atoms with E-state index in [0.717, 1.165) is 12.7 Å². The van der Waals surface area contributed by atoms with E-state index in [1.54, 1.807) is 0 Å². The second-order valence-electron chi connectivity index (χ2n) is 4.68. The molecule has 0 saturated carbocycles. The van der Waals surface area contributed by atoms with E-state index in [-0.39, 0.29) is 10.7 Å². The Labute approximate surface area is 112 Å². The third-order valence-electron chi connectivity index (χ3n) is 2.92. The summed E-state index contributed by atoms with van der Waals surface area (Å²) in [6, 6.07) is 0. The average molecular weight is 293 g/mol. The second kappa shape index (κ2) is 5.01. The smallest absolute Gasteiger partial charge is 0.202 e. The Balaban J connectivity index is 3.31. The lowest BCUT2D eigenvalue weighted by atomic mass is 10.1. The average Bonchev–Trinajstić information content (AvgIpc) is 2.58. The molecule has 1 aromatic heterocycles. The molecule has 0 N–H and O–H groups in total. The maximum Gasteiger partial charge on any atom is 0.202 e. The predicted molar refractivity (Wildman–Crippen MR) is 70.8 cm³/mol. The summed E-state index contributed by atoms with van der Waals surface area (Å²) in [5.41, 5.74) is 0.161. The molecule has 7 heteroatoms. The van der Waals surface area contributed by atoms with Crippen molar-refractivity contribution in [3.8, 4) is 0 Å². The Morgan fingerprint density at radius 2 is 2.06 bits per heavy atom. The predicted octanol–water partition coefficient (Wildman–Crippen LogP) is 1.95. The van der Waals surface area contributed by atoms with Gasteiger partial charge in [0.05, 0.1) is 11.2 Å². The third kappa shape index (κ3) is 2.59. The van der Waals surface area contributed by atoms with Gasteiger partial charge >= 0.3 is 0 Å². The molecule has 0 spiro atoms. The quantitative estimate of drug-likeness (QED) is 0.778. The van der Waals surface area contributed by atoms with E-state index < -0.39 is 20.4 Å². The fourth-order valence-electron chi connectivity index (χ4n) is 1.42. The number of hydrogen-bond acceptors (Lipinski definition) is 4. The first-order chi connectivity index (χ1) is 8.13. The van der Waals surface area contributed by atoms with Crippen LogP contribution >= 0.6 is 11.6 Å². The van der Waals surface area contributed by atoms with Crippen LogP contribution in [0.3, 0.4) is 0 Å². The van der Waals surface area contributed by atoms with E-state index in [1.165, 1.54) is 24.7 Å². The van der Waals surface area contributed by atoms with E-state index >= 15 is 0 Å². The highest BCUT2D eigenvalue weighted by Gasteiger charge is 2.41. The molecule has 0 atom stereocenters. The van der Waals surface area contributed by atoms with Gasteiger partial charge in [0.1, 0.15) is 10.4 Å². The minimum absolute atomic E-state index is 0.161. The zero-order chi connectivity index (χ0) is 14.1. The molecule has 1 rings (SSSR count). The molecule has 0 aromatic carbocycles. The summed E-state index contributed by atoms with van der Waals surface area (Å²) < 4.78 is 23.3. The van der Waals surface area contributed by atoms with Gasteiger partial charge in [-0.05, 0) is 20.3 Å². The van der Waals surface area contributed by atoms with Crippen LogP contribution in [0.2, 0.25) is 5.02 Å². The molecule has 0 radical (unpaired) electrons. The summed E-state index contributed by atoms with van der Waals surface area (Å²) in [5.74, 6) is -0.527. The number of aryl methyl sites for hydroxylation is 1. The van der Waals surface area contributed by atoms with Crippen molar-refractivity contribution in [1.82, 2.24) is 9.78 Å². The fraction of sp³-hybridized carbons (Fsp3) is 0.636.